The maximum Gasteiger partial charge on any atom is 0.234 e. The summed E-state index contributed by atoms with van der Waals surface area (Å²) in [5, 5.41) is -0.580. The molecule has 16 heavy (non-hydrogen) atoms. The van der Waals surface area contributed by atoms with Crippen LogP contribution in [-0.4, -0.2) is 54.9 Å². The molecule has 1 aliphatic rings. The highest BCUT2D eigenvalue weighted by molar-refractivity contribution is 8.00. The topological polar surface area (TPSA) is 80.5 Å². The zero-order valence-corrected chi connectivity index (χ0v) is 11.2. The number of carbonyl (C=O) groups is 1. The van der Waals surface area contributed by atoms with E-state index < -0.39 is 27.2 Å². The minimum absolute atomic E-state index is 0.442. The Bertz CT molecular complexity index is 356. The van der Waals surface area contributed by atoms with Crippen LogP contribution in [0.4, 0.5) is 0 Å². The van der Waals surface area contributed by atoms with Crippen molar-refractivity contribution in [3.8, 4) is 0 Å². The van der Waals surface area contributed by atoms with Crippen molar-refractivity contribution in [2.45, 2.75) is 24.8 Å². The first kappa shape index (κ1) is 13.8. The molecule has 0 aromatic carbocycles. The Balaban J connectivity index is 2.93. The van der Waals surface area contributed by atoms with Crippen molar-refractivity contribution < 1.29 is 13.2 Å². The van der Waals surface area contributed by atoms with Gasteiger partial charge in [-0.2, -0.15) is 11.8 Å². The highest BCUT2D eigenvalue weighted by atomic mass is 32.2. The van der Waals surface area contributed by atoms with E-state index in [0.717, 1.165) is 5.75 Å². The van der Waals surface area contributed by atoms with Crippen molar-refractivity contribution in [2.24, 2.45) is 5.73 Å². The Hall–Kier alpha value is -0.270. The molecule has 0 aliphatic carbocycles. The van der Waals surface area contributed by atoms with Crippen LogP contribution in [0.3, 0.4) is 0 Å². The van der Waals surface area contributed by atoms with Crippen LogP contribution >= 0.6 is 11.8 Å². The Morgan fingerprint density at radius 2 is 2.25 bits per heavy atom. The number of amides is 1. The number of primary amides is 1. The number of nitrogens with zero attached hydrogens (tertiary/aromatic N) is 1. The van der Waals surface area contributed by atoms with E-state index in [4.69, 9.17) is 5.73 Å². The molecule has 94 valence electrons. The van der Waals surface area contributed by atoms with Crippen LogP contribution in [-0.2, 0) is 14.6 Å². The second-order valence-electron chi connectivity index (χ2n) is 3.92. The average Bonchev–Trinajstić information content (AvgIpc) is 2.17. The van der Waals surface area contributed by atoms with E-state index in [2.05, 4.69) is 0 Å². The first-order valence-electron chi connectivity index (χ1n) is 5.19. The van der Waals surface area contributed by atoms with Gasteiger partial charge in [-0.1, -0.05) is 6.92 Å². The number of sulfone groups is 1. The van der Waals surface area contributed by atoms with E-state index in [1.807, 2.05) is 6.92 Å². The number of rotatable bonds is 4. The number of thioether (sulfide) groups is 1. The van der Waals surface area contributed by atoms with Gasteiger partial charge in [-0.25, -0.2) is 8.42 Å². The molecule has 1 fully saturated rings. The van der Waals surface area contributed by atoms with Gasteiger partial charge in [-0.3, -0.25) is 9.69 Å². The van der Waals surface area contributed by atoms with Gasteiger partial charge in [0.05, 0.1) is 6.04 Å². The number of carbonyl (C=O) groups excluding carboxylic acids is 1. The molecular weight excluding hydrogens is 248 g/mol. The second kappa shape index (κ2) is 5.37. The van der Waals surface area contributed by atoms with E-state index in [1.54, 1.807) is 16.7 Å². The van der Waals surface area contributed by atoms with Crippen LogP contribution in [0.25, 0.3) is 0 Å². The molecule has 0 spiro atoms. The Kier molecular flexibility index (Phi) is 4.63. The Morgan fingerprint density at radius 3 is 2.69 bits per heavy atom. The molecule has 1 amide bonds. The fraction of sp³-hybridized carbons (Fsp3) is 0.889. The van der Waals surface area contributed by atoms with Crippen LogP contribution in [0, 0.1) is 0 Å². The highest BCUT2D eigenvalue weighted by Crippen LogP contribution is 2.23. The zero-order valence-electron chi connectivity index (χ0n) is 9.55. The van der Waals surface area contributed by atoms with Crippen molar-refractivity contribution in [1.82, 2.24) is 4.90 Å². The quantitative estimate of drug-likeness (QED) is 0.753. The fourth-order valence-corrected chi connectivity index (χ4v) is 4.84. The van der Waals surface area contributed by atoms with E-state index in [-0.39, 0.29) is 0 Å². The molecule has 2 unspecified atom stereocenters. The van der Waals surface area contributed by atoms with Gasteiger partial charge in [-0.05, 0) is 6.42 Å². The molecule has 0 aromatic heterocycles. The van der Waals surface area contributed by atoms with Crippen LogP contribution in [0.5, 0.6) is 0 Å². The minimum Gasteiger partial charge on any atom is -0.368 e. The summed E-state index contributed by atoms with van der Waals surface area (Å²) in [6.45, 7) is 2.44. The van der Waals surface area contributed by atoms with Crippen molar-refractivity contribution in [2.75, 3.05) is 24.3 Å². The van der Waals surface area contributed by atoms with Crippen molar-refractivity contribution in [3.63, 3.8) is 0 Å². The summed E-state index contributed by atoms with van der Waals surface area (Å²) in [5.74, 6) is 0.918. The summed E-state index contributed by atoms with van der Waals surface area (Å²) in [7, 11) is -3.17. The molecule has 0 aromatic rings. The first-order valence-corrected chi connectivity index (χ1v) is 8.30. The summed E-state index contributed by atoms with van der Waals surface area (Å²) in [6, 6.07) is -0.472. The Morgan fingerprint density at radius 1 is 1.62 bits per heavy atom. The molecule has 1 saturated heterocycles. The van der Waals surface area contributed by atoms with Crippen molar-refractivity contribution >= 4 is 27.5 Å². The standard InChI is InChI=1S/C9H18N2O3S2/c1-3-7(9(10)12)11-4-5-15-6-8(11)16(2,13)14/h7-8H,3-6H2,1-2H3,(H2,10,12). The molecule has 2 atom stereocenters. The lowest BCUT2D eigenvalue weighted by atomic mass is 10.2. The van der Waals surface area contributed by atoms with Crippen LogP contribution in [0.1, 0.15) is 13.3 Å². The van der Waals surface area contributed by atoms with Crippen LogP contribution in [0.2, 0.25) is 0 Å². The number of hydrogen-bond donors (Lipinski definition) is 1. The van der Waals surface area contributed by atoms with Gasteiger partial charge in [0.2, 0.25) is 5.91 Å². The number of hydrogen-bond acceptors (Lipinski definition) is 5. The lowest BCUT2D eigenvalue weighted by molar-refractivity contribution is -0.123. The molecule has 1 aliphatic heterocycles. The van der Waals surface area contributed by atoms with Gasteiger partial charge in [0.1, 0.15) is 5.37 Å². The fourth-order valence-electron chi connectivity index (χ4n) is 1.92. The predicted molar refractivity (Wildman–Crippen MR) is 65.9 cm³/mol. The molecule has 0 bridgehead atoms. The highest BCUT2D eigenvalue weighted by Gasteiger charge is 2.36. The third-order valence-electron chi connectivity index (χ3n) is 2.73. The van der Waals surface area contributed by atoms with Crippen molar-refractivity contribution in [1.29, 1.82) is 0 Å². The largest absolute Gasteiger partial charge is 0.368 e. The molecule has 2 N–H and O–H groups in total. The molecule has 0 radical (unpaired) electrons. The third-order valence-corrected chi connectivity index (χ3v) is 5.39. The summed E-state index contributed by atoms with van der Waals surface area (Å²) < 4.78 is 23.3. The van der Waals surface area contributed by atoms with E-state index in [1.165, 1.54) is 6.26 Å². The maximum absolute atomic E-state index is 11.6. The molecule has 1 heterocycles. The van der Waals surface area contributed by atoms with Gasteiger partial charge >= 0.3 is 0 Å². The minimum atomic E-state index is -3.17. The monoisotopic (exact) mass is 266 g/mol. The first-order chi connectivity index (χ1) is 7.38. The van der Waals surface area contributed by atoms with Gasteiger partial charge in [0.15, 0.2) is 9.84 Å². The maximum atomic E-state index is 11.6. The van der Waals surface area contributed by atoms with E-state index in [9.17, 15) is 13.2 Å². The zero-order chi connectivity index (χ0) is 12.3. The normalized spacial score (nSPS) is 25.2. The summed E-state index contributed by atoms with van der Waals surface area (Å²) >= 11 is 1.60. The molecule has 7 heteroatoms. The summed E-state index contributed by atoms with van der Waals surface area (Å²) in [4.78, 5) is 13.0. The summed E-state index contributed by atoms with van der Waals surface area (Å²) in [5.41, 5.74) is 5.30. The van der Waals surface area contributed by atoms with E-state index >= 15 is 0 Å². The Labute approximate surface area is 101 Å². The SMILES string of the molecule is CCC(C(N)=O)N1CCSCC1S(C)(=O)=O. The lowest BCUT2D eigenvalue weighted by Gasteiger charge is -2.37. The lowest BCUT2D eigenvalue weighted by Crippen LogP contribution is -2.55. The predicted octanol–water partition coefficient (Wildman–Crippen LogP) is -0.330. The van der Waals surface area contributed by atoms with Gasteiger partial charge in [0.25, 0.3) is 0 Å². The van der Waals surface area contributed by atoms with E-state index in [0.29, 0.717) is 18.7 Å². The molecule has 5 nitrogen and oxygen atoms in total. The van der Waals surface area contributed by atoms with Gasteiger partial charge in [-0.15, -0.1) is 0 Å². The summed E-state index contributed by atoms with van der Waals surface area (Å²) in [6.07, 6.45) is 1.76. The van der Waals surface area contributed by atoms with Crippen LogP contribution in [0.15, 0.2) is 0 Å². The molecule has 0 saturated carbocycles. The molecule has 1 rings (SSSR count). The van der Waals surface area contributed by atoms with Crippen LogP contribution < -0.4 is 5.73 Å². The van der Waals surface area contributed by atoms with Crippen molar-refractivity contribution in [3.05, 3.63) is 0 Å². The van der Waals surface area contributed by atoms with Gasteiger partial charge in [0, 0.05) is 24.3 Å². The van der Waals surface area contributed by atoms with Gasteiger partial charge < -0.3 is 5.73 Å². The second-order valence-corrected chi connectivity index (χ2v) is 7.28. The average molecular weight is 266 g/mol. The number of nitrogens with two attached hydrogens (primary N) is 1. The smallest absolute Gasteiger partial charge is 0.234 e. The molecular formula is C9H18N2O3S2. The third kappa shape index (κ3) is 3.11.